The van der Waals surface area contributed by atoms with E-state index < -0.39 is 0 Å². The molecule has 1 aliphatic rings. The average Bonchev–Trinajstić information content (AvgIpc) is 3.70. The van der Waals surface area contributed by atoms with E-state index in [2.05, 4.69) is 209 Å². The third-order valence-corrected chi connectivity index (χ3v) is 13.0. The molecule has 266 valence electrons. The molecule has 10 rings (SSSR count). The van der Waals surface area contributed by atoms with Gasteiger partial charge in [-0.15, -0.1) is 11.3 Å². The van der Waals surface area contributed by atoms with Gasteiger partial charge in [0.2, 0.25) is 0 Å². The molecule has 0 atom stereocenters. The van der Waals surface area contributed by atoms with Crippen molar-refractivity contribution in [2.45, 2.75) is 45.4 Å². The largest absolute Gasteiger partial charge is 0.308 e. The van der Waals surface area contributed by atoms with E-state index >= 15 is 0 Å². The van der Waals surface area contributed by atoms with Gasteiger partial charge in [0.05, 0.1) is 16.1 Å². The van der Waals surface area contributed by atoms with Gasteiger partial charge in [0.25, 0.3) is 0 Å². The van der Waals surface area contributed by atoms with Crippen LogP contribution in [0.15, 0.2) is 170 Å². The smallest absolute Gasteiger partial charge is 0.0640 e. The summed E-state index contributed by atoms with van der Waals surface area (Å²) in [6.45, 7) is 11.7. The number of para-hydroxylation sites is 1. The van der Waals surface area contributed by atoms with Crippen molar-refractivity contribution in [3.05, 3.63) is 187 Å². The molecule has 1 aliphatic carbocycles. The minimum absolute atomic E-state index is 0.0734. The second-order valence-electron chi connectivity index (χ2n) is 16.5. The minimum Gasteiger partial charge on any atom is -0.308 e. The van der Waals surface area contributed by atoms with Crippen molar-refractivity contribution in [1.82, 2.24) is 0 Å². The first-order chi connectivity index (χ1) is 26.7. The van der Waals surface area contributed by atoms with Crippen molar-refractivity contribution in [3.63, 3.8) is 0 Å². The van der Waals surface area contributed by atoms with Crippen molar-refractivity contribution in [3.8, 4) is 33.4 Å². The maximum atomic E-state index is 2.52. The molecule has 0 saturated carbocycles. The zero-order chi connectivity index (χ0) is 37.5. The molecule has 1 heterocycles. The second-order valence-corrected chi connectivity index (χ2v) is 17.6. The molecule has 0 radical (unpaired) electrons. The summed E-state index contributed by atoms with van der Waals surface area (Å²) in [7, 11) is 0. The Morgan fingerprint density at radius 2 is 1.15 bits per heavy atom. The summed E-state index contributed by atoms with van der Waals surface area (Å²) in [5, 5.41) is 5.10. The Morgan fingerprint density at radius 3 is 2.02 bits per heavy atom. The average molecular weight is 726 g/mol. The maximum absolute atomic E-state index is 2.52. The van der Waals surface area contributed by atoms with Crippen LogP contribution in [0.2, 0.25) is 0 Å². The number of anilines is 3. The van der Waals surface area contributed by atoms with E-state index in [1.807, 2.05) is 11.3 Å². The predicted molar refractivity (Wildman–Crippen MR) is 239 cm³/mol. The molecule has 8 aromatic carbocycles. The van der Waals surface area contributed by atoms with Crippen LogP contribution in [0.3, 0.4) is 0 Å². The van der Waals surface area contributed by atoms with Crippen molar-refractivity contribution >= 4 is 59.3 Å². The Bertz CT molecular complexity index is 2950. The molecule has 9 aromatic rings. The number of nitrogens with zero attached hydrogens (tertiary/aromatic N) is 1. The first kappa shape index (κ1) is 33.6. The van der Waals surface area contributed by atoms with Gasteiger partial charge in [-0.05, 0) is 91.0 Å². The van der Waals surface area contributed by atoms with Crippen molar-refractivity contribution in [1.29, 1.82) is 0 Å². The summed E-state index contributed by atoms with van der Waals surface area (Å²) in [4.78, 5) is 2.52. The third-order valence-electron chi connectivity index (χ3n) is 11.8. The summed E-state index contributed by atoms with van der Waals surface area (Å²) in [5.74, 6) is 0. The molecule has 55 heavy (non-hydrogen) atoms. The molecule has 0 aliphatic heterocycles. The summed E-state index contributed by atoms with van der Waals surface area (Å²) < 4.78 is 2.59. The maximum Gasteiger partial charge on any atom is 0.0640 e. The van der Waals surface area contributed by atoms with Crippen LogP contribution in [0, 0.1) is 0 Å². The lowest BCUT2D eigenvalue weighted by atomic mass is 9.79. The lowest BCUT2D eigenvalue weighted by Crippen LogP contribution is -2.17. The standard InChI is InChI=1S/C53H43NS/c1-52(2,3)36-30-31-44-46(33-36)53(4,5)45-26-14-24-42(50(44)45)40-21-8-10-27-47(40)54(48-28-15-25-43-41-22-9-11-29-49(41)55-51(43)48)37-19-12-18-35(32-37)39-23-13-17-34-16-6-7-20-38(34)39/h6-33H,1-5H3. The Morgan fingerprint density at radius 1 is 0.491 bits per heavy atom. The topological polar surface area (TPSA) is 3.24 Å². The summed E-state index contributed by atoms with van der Waals surface area (Å²) in [6.07, 6.45) is 0. The van der Waals surface area contributed by atoms with Gasteiger partial charge in [-0.3, -0.25) is 0 Å². The number of thiophene rings is 1. The van der Waals surface area contributed by atoms with E-state index in [0.717, 1.165) is 11.4 Å². The van der Waals surface area contributed by atoms with Gasteiger partial charge in [-0.25, -0.2) is 0 Å². The Labute approximate surface area is 328 Å². The first-order valence-corrected chi connectivity index (χ1v) is 20.2. The summed E-state index contributed by atoms with van der Waals surface area (Å²) in [6, 6.07) is 63.3. The molecule has 0 saturated heterocycles. The monoisotopic (exact) mass is 725 g/mol. The highest BCUT2D eigenvalue weighted by Gasteiger charge is 2.38. The van der Waals surface area contributed by atoms with Crippen LogP contribution in [0.1, 0.15) is 51.3 Å². The molecule has 0 unspecified atom stereocenters. The van der Waals surface area contributed by atoms with Gasteiger partial charge in [-0.1, -0.05) is 174 Å². The molecular formula is C53H43NS. The van der Waals surface area contributed by atoms with Crippen LogP contribution in [0.4, 0.5) is 17.1 Å². The van der Waals surface area contributed by atoms with E-state index in [0.29, 0.717) is 0 Å². The minimum atomic E-state index is -0.119. The van der Waals surface area contributed by atoms with Crippen molar-refractivity contribution in [2.75, 3.05) is 4.90 Å². The third kappa shape index (κ3) is 5.34. The number of fused-ring (bicyclic) bond motifs is 7. The zero-order valence-corrected chi connectivity index (χ0v) is 32.8. The van der Waals surface area contributed by atoms with Gasteiger partial charge >= 0.3 is 0 Å². The van der Waals surface area contributed by atoms with Gasteiger partial charge in [0, 0.05) is 32.1 Å². The molecule has 0 N–H and O–H groups in total. The SMILES string of the molecule is CC(C)(C)c1ccc2c(c1)C(C)(C)c1cccc(-c3ccccc3N(c3cccc(-c4cccc5ccccc45)c3)c3cccc4c3sc3ccccc34)c1-2. The Balaban J connectivity index is 1.24. The lowest BCUT2D eigenvalue weighted by Gasteiger charge is -2.29. The Kier molecular flexibility index (Phi) is 7.67. The highest BCUT2D eigenvalue weighted by molar-refractivity contribution is 7.26. The second kappa shape index (κ2) is 12.5. The fraction of sp³-hybridized carbons (Fsp3) is 0.132. The zero-order valence-electron chi connectivity index (χ0n) is 32.0. The molecule has 2 heteroatoms. The number of benzene rings is 8. The van der Waals surface area contributed by atoms with E-state index in [1.165, 1.54) is 86.7 Å². The van der Waals surface area contributed by atoms with Crippen molar-refractivity contribution in [2.24, 2.45) is 0 Å². The molecule has 1 aromatic heterocycles. The molecule has 0 bridgehead atoms. The fourth-order valence-corrected chi connectivity index (χ4v) is 10.2. The van der Waals surface area contributed by atoms with E-state index in [-0.39, 0.29) is 10.8 Å². The predicted octanol–water partition coefficient (Wildman–Crippen LogP) is 15.6. The van der Waals surface area contributed by atoms with Crippen LogP contribution < -0.4 is 4.90 Å². The van der Waals surface area contributed by atoms with E-state index in [4.69, 9.17) is 0 Å². The van der Waals surface area contributed by atoms with Gasteiger partial charge < -0.3 is 4.90 Å². The normalized spacial score (nSPS) is 13.3. The van der Waals surface area contributed by atoms with Gasteiger partial charge in [0.1, 0.15) is 0 Å². The number of rotatable bonds is 5. The van der Waals surface area contributed by atoms with Gasteiger partial charge in [0.15, 0.2) is 0 Å². The van der Waals surface area contributed by atoms with Gasteiger partial charge in [-0.2, -0.15) is 0 Å². The van der Waals surface area contributed by atoms with Crippen molar-refractivity contribution < 1.29 is 0 Å². The van der Waals surface area contributed by atoms with Crippen LogP contribution in [0.5, 0.6) is 0 Å². The van der Waals surface area contributed by atoms with Crippen LogP contribution in [-0.2, 0) is 10.8 Å². The van der Waals surface area contributed by atoms with Crippen LogP contribution >= 0.6 is 11.3 Å². The highest BCUT2D eigenvalue weighted by Crippen LogP contribution is 2.55. The fourth-order valence-electron chi connectivity index (χ4n) is 8.98. The Hall–Kier alpha value is -5.96. The highest BCUT2D eigenvalue weighted by atomic mass is 32.1. The van der Waals surface area contributed by atoms with Crippen LogP contribution in [-0.4, -0.2) is 0 Å². The van der Waals surface area contributed by atoms with E-state index in [1.54, 1.807) is 0 Å². The molecule has 1 nitrogen and oxygen atoms in total. The van der Waals surface area contributed by atoms with Crippen LogP contribution in [0.25, 0.3) is 64.3 Å². The lowest BCUT2D eigenvalue weighted by molar-refractivity contribution is 0.584. The summed E-state index contributed by atoms with van der Waals surface area (Å²) >= 11 is 1.88. The number of hydrogen-bond donors (Lipinski definition) is 0. The molecule has 0 amide bonds. The molecular weight excluding hydrogens is 683 g/mol. The summed E-state index contributed by atoms with van der Waals surface area (Å²) in [5.41, 5.74) is 15.2. The molecule has 0 spiro atoms. The van der Waals surface area contributed by atoms with E-state index in [9.17, 15) is 0 Å². The molecule has 0 fully saturated rings. The first-order valence-electron chi connectivity index (χ1n) is 19.4. The quantitative estimate of drug-likeness (QED) is 0.171. The number of hydrogen-bond acceptors (Lipinski definition) is 2.